The van der Waals surface area contributed by atoms with Gasteiger partial charge >= 0.3 is 5.97 Å². The third-order valence-electron chi connectivity index (χ3n) is 9.23. The number of rotatable bonds is 13. The van der Waals surface area contributed by atoms with Crippen molar-refractivity contribution < 1.29 is 28.6 Å². The Bertz CT molecular complexity index is 2050. The lowest BCUT2D eigenvalue weighted by atomic mass is 9.89. The van der Waals surface area contributed by atoms with Crippen LogP contribution >= 0.6 is 11.3 Å². The van der Waals surface area contributed by atoms with Gasteiger partial charge in [0.25, 0.3) is 0 Å². The van der Waals surface area contributed by atoms with Gasteiger partial charge in [0.15, 0.2) is 11.6 Å². The molecule has 5 aromatic rings. The van der Waals surface area contributed by atoms with Crippen molar-refractivity contribution in [2.24, 2.45) is 11.8 Å². The van der Waals surface area contributed by atoms with Gasteiger partial charge in [0, 0.05) is 59.4 Å². The highest BCUT2D eigenvalue weighted by Gasteiger charge is 2.39. The largest absolute Gasteiger partial charge is 0.494 e. The number of carboxylic acids is 1. The molecule has 1 amide bonds. The van der Waals surface area contributed by atoms with E-state index >= 15 is 4.39 Å². The van der Waals surface area contributed by atoms with E-state index in [-0.39, 0.29) is 42.4 Å². The van der Waals surface area contributed by atoms with Crippen molar-refractivity contribution in [1.82, 2.24) is 14.9 Å². The van der Waals surface area contributed by atoms with E-state index in [1.807, 2.05) is 66.7 Å². The molecule has 1 atom stereocenters. The fourth-order valence-corrected chi connectivity index (χ4v) is 7.13. The number of hydrogen-bond acceptors (Lipinski definition) is 7. The molecule has 0 unspecified atom stereocenters. The fraction of sp³-hybridized carbons (Fsp3) is 0.310. The third kappa shape index (κ3) is 8.45. The monoisotopic (exact) mass is 719 g/mol. The van der Waals surface area contributed by atoms with Crippen LogP contribution in [-0.2, 0) is 21.4 Å². The predicted molar refractivity (Wildman–Crippen MR) is 201 cm³/mol. The minimum absolute atomic E-state index is 0.0291. The molecule has 268 valence electrons. The van der Waals surface area contributed by atoms with Gasteiger partial charge in [-0.2, -0.15) is 0 Å². The van der Waals surface area contributed by atoms with Crippen molar-refractivity contribution in [2.75, 3.05) is 19.7 Å². The Hall–Kier alpha value is -5.22. The van der Waals surface area contributed by atoms with E-state index in [1.54, 1.807) is 18.5 Å². The quantitative estimate of drug-likeness (QED) is 0.121. The van der Waals surface area contributed by atoms with Gasteiger partial charge in [0.2, 0.25) is 5.91 Å². The highest BCUT2D eigenvalue weighted by Crippen LogP contribution is 2.33. The second-order valence-corrected chi connectivity index (χ2v) is 15.4. The Morgan fingerprint density at radius 2 is 1.56 bits per heavy atom. The van der Waals surface area contributed by atoms with Gasteiger partial charge < -0.3 is 14.7 Å². The van der Waals surface area contributed by atoms with Gasteiger partial charge in [-0.05, 0) is 65.3 Å². The SMILES string of the molecule is CCCOc1ccc(-c2ccc(-c3cnc(-c4ccc(C[C@H](CC(=O)c5ccc(C(C)(C)C)s5)C(=O)N5CC(C(=O)O)C5)cc4)nc3)c(F)c2)cc1. The molecular formula is C42H42FN3O5S. The minimum Gasteiger partial charge on any atom is -0.494 e. The lowest BCUT2D eigenvalue weighted by Crippen LogP contribution is -2.55. The summed E-state index contributed by atoms with van der Waals surface area (Å²) in [5.74, 6) is -1.58. The molecule has 0 bridgehead atoms. The summed E-state index contributed by atoms with van der Waals surface area (Å²) in [6.07, 6.45) is 4.47. The van der Waals surface area contributed by atoms with Gasteiger partial charge in [-0.1, -0.05) is 76.2 Å². The maximum atomic E-state index is 15.3. The topological polar surface area (TPSA) is 110 Å². The molecule has 0 spiro atoms. The number of ketones is 1. The highest BCUT2D eigenvalue weighted by atomic mass is 32.1. The summed E-state index contributed by atoms with van der Waals surface area (Å²) in [5, 5.41) is 9.33. The fourth-order valence-electron chi connectivity index (χ4n) is 6.12. The van der Waals surface area contributed by atoms with Crippen molar-refractivity contribution in [3.05, 3.63) is 112 Å². The molecule has 1 saturated heterocycles. The first-order chi connectivity index (χ1) is 24.9. The number of aliphatic carboxylic acids is 1. The summed E-state index contributed by atoms with van der Waals surface area (Å²) in [5.41, 5.74) is 4.10. The molecule has 1 fully saturated rings. The Labute approximate surface area is 307 Å². The van der Waals surface area contributed by atoms with Crippen LogP contribution in [0.2, 0.25) is 0 Å². The molecule has 1 N–H and O–H groups in total. The number of carboxylic acid groups (broad SMARTS) is 1. The zero-order chi connectivity index (χ0) is 37.0. The van der Waals surface area contributed by atoms with Crippen molar-refractivity contribution in [3.63, 3.8) is 0 Å². The number of aromatic nitrogens is 2. The van der Waals surface area contributed by atoms with Crippen molar-refractivity contribution in [1.29, 1.82) is 0 Å². The number of Topliss-reactive ketones (excluding diaryl/α,β-unsaturated/α-hetero) is 1. The molecule has 10 heteroatoms. The van der Waals surface area contributed by atoms with Crippen LogP contribution < -0.4 is 4.74 Å². The molecule has 1 aliphatic heterocycles. The van der Waals surface area contributed by atoms with Crippen molar-refractivity contribution in [2.45, 2.75) is 52.4 Å². The van der Waals surface area contributed by atoms with E-state index in [0.29, 0.717) is 34.9 Å². The lowest BCUT2D eigenvalue weighted by molar-refractivity contribution is -0.154. The van der Waals surface area contributed by atoms with Crippen LogP contribution in [0, 0.1) is 17.7 Å². The molecule has 2 aromatic heterocycles. The van der Waals surface area contributed by atoms with Crippen LogP contribution in [0.5, 0.6) is 5.75 Å². The standard InChI is InChI=1S/C42H42FN3O5S/c1-5-18-51-33-13-10-27(11-14-33)29-12-15-34(35(43)20-29)31-22-44-39(45-23-31)28-8-6-26(7-9-28)19-30(40(48)46-24-32(25-46)41(49)50)21-36(47)37-16-17-38(52-37)42(2,3)4/h6-17,20,22-23,30,32H,5,18-19,21,24-25H2,1-4H3,(H,49,50)/t30-/m1/s1. The van der Waals surface area contributed by atoms with Crippen molar-refractivity contribution in [3.8, 4) is 39.4 Å². The predicted octanol–water partition coefficient (Wildman–Crippen LogP) is 8.74. The Balaban J connectivity index is 1.13. The first-order valence-corrected chi connectivity index (χ1v) is 18.3. The molecular weight excluding hydrogens is 678 g/mol. The van der Waals surface area contributed by atoms with Crippen molar-refractivity contribution >= 4 is 29.0 Å². The van der Waals surface area contributed by atoms with E-state index in [4.69, 9.17) is 4.74 Å². The summed E-state index contributed by atoms with van der Waals surface area (Å²) in [6, 6.07) is 24.0. The van der Waals surface area contributed by atoms with Gasteiger partial charge in [0.05, 0.1) is 17.4 Å². The van der Waals surface area contributed by atoms with Crippen LogP contribution in [0.1, 0.15) is 60.6 Å². The zero-order valence-electron chi connectivity index (χ0n) is 29.8. The molecule has 0 radical (unpaired) electrons. The number of nitrogens with zero attached hydrogens (tertiary/aromatic N) is 3. The number of likely N-dealkylation sites (tertiary alicyclic amines) is 1. The van der Waals surface area contributed by atoms with Gasteiger partial charge in [-0.25, -0.2) is 14.4 Å². The Kier molecular flexibility index (Phi) is 11.0. The summed E-state index contributed by atoms with van der Waals surface area (Å²) >= 11 is 1.45. The maximum absolute atomic E-state index is 15.3. The molecule has 8 nitrogen and oxygen atoms in total. The molecule has 52 heavy (non-hydrogen) atoms. The second kappa shape index (κ2) is 15.6. The lowest BCUT2D eigenvalue weighted by Gasteiger charge is -2.38. The van der Waals surface area contributed by atoms with E-state index in [0.717, 1.165) is 39.3 Å². The average Bonchev–Trinajstić information content (AvgIpc) is 3.62. The maximum Gasteiger partial charge on any atom is 0.310 e. The molecule has 3 heterocycles. The van der Waals surface area contributed by atoms with E-state index in [9.17, 15) is 19.5 Å². The van der Waals surface area contributed by atoms with Crippen LogP contribution in [0.15, 0.2) is 91.3 Å². The summed E-state index contributed by atoms with van der Waals surface area (Å²) in [7, 11) is 0. The first kappa shape index (κ1) is 36.6. The minimum atomic E-state index is -0.922. The van der Waals surface area contributed by atoms with Crippen LogP contribution in [0.25, 0.3) is 33.6 Å². The number of carbonyl (C=O) groups excluding carboxylic acids is 2. The number of amides is 1. The number of ether oxygens (including phenoxy) is 1. The van der Waals surface area contributed by atoms with E-state index in [2.05, 4.69) is 37.7 Å². The Morgan fingerprint density at radius 1 is 0.904 bits per heavy atom. The first-order valence-electron chi connectivity index (χ1n) is 17.5. The zero-order valence-corrected chi connectivity index (χ0v) is 30.6. The second-order valence-electron chi connectivity index (χ2n) is 14.3. The molecule has 6 rings (SSSR count). The number of carbonyl (C=O) groups is 3. The van der Waals surface area contributed by atoms with Crippen LogP contribution in [0.4, 0.5) is 4.39 Å². The highest BCUT2D eigenvalue weighted by molar-refractivity contribution is 7.14. The number of hydrogen-bond donors (Lipinski definition) is 1. The van der Waals surface area contributed by atoms with Crippen LogP contribution in [0.3, 0.4) is 0 Å². The van der Waals surface area contributed by atoms with Crippen LogP contribution in [-0.4, -0.2) is 57.3 Å². The normalized spacial score (nSPS) is 13.8. The van der Waals surface area contributed by atoms with E-state index in [1.165, 1.54) is 22.3 Å². The van der Waals surface area contributed by atoms with Gasteiger partial charge in [-0.3, -0.25) is 14.4 Å². The van der Waals surface area contributed by atoms with Gasteiger partial charge in [-0.15, -0.1) is 11.3 Å². The molecule has 0 aliphatic carbocycles. The Morgan fingerprint density at radius 3 is 2.15 bits per heavy atom. The average molecular weight is 720 g/mol. The molecule has 1 aliphatic rings. The molecule has 0 saturated carbocycles. The number of thiophene rings is 1. The summed E-state index contributed by atoms with van der Waals surface area (Å²) in [4.78, 5) is 50.6. The van der Waals surface area contributed by atoms with E-state index < -0.39 is 17.8 Å². The smallest absolute Gasteiger partial charge is 0.310 e. The molecule has 3 aromatic carbocycles. The van der Waals surface area contributed by atoms with Gasteiger partial charge in [0.1, 0.15) is 11.6 Å². The third-order valence-corrected chi connectivity index (χ3v) is 10.8. The number of halogens is 1. The summed E-state index contributed by atoms with van der Waals surface area (Å²) in [6.45, 7) is 9.27. The summed E-state index contributed by atoms with van der Waals surface area (Å²) < 4.78 is 20.9. The number of benzene rings is 3.